The SMILES string of the molecule is CCCCCCCC/C=C\CCCCCCCCCC(=O)OCC(O)COP(=O)(O)OCC(NC(=O)CCCCCCCCCCCCC)C(=O)O. The monoisotopic (exact) mass is 762 g/mol. The molecule has 0 saturated carbocycles. The Hall–Kier alpha value is -1.78. The van der Waals surface area contributed by atoms with Crippen LogP contribution in [0.3, 0.4) is 0 Å². The molecule has 0 aliphatic rings. The van der Waals surface area contributed by atoms with Gasteiger partial charge >= 0.3 is 19.8 Å². The van der Waals surface area contributed by atoms with Crippen LogP contribution < -0.4 is 5.32 Å². The van der Waals surface area contributed by atoms with Gasteiger partial charge < -0.3 is 25.2 Å². The fourth-order valence-corrected chi connectivity index (χ4v) is 6.55. The number of carbonyl (C=O) groups excluding carboxylic acids is 2. The zero-order valence-electron chi connectivity index (χ0n) is 32.9. The van der Waals surface area contributed by atoms with Gasteiger partial charge in [-0.2, -0.15) is 0 Å². The second kappa shape index (κ2) is 36.2. The fourth-order valence-electron chi connectivity index (χ4n) is 5.78. The minimum absolute atomic E-state index is 0.149. The van der Waals surface area contributed by atoms with E-state index >= 15 is 0 Å². The number of ether oxygens (including phenoxy) is 1. The second-order valence-corrected chi connectivity index (χ2v) is 15.6. The molecule has 0 heterocycles. The van der Waals surface area contributed by atoms with E-state index in [0.717, 1.165) is 44.9 Å². The Morgan fingerprint density at radius 1 is 0.596 bits per heavy atom. The van der Waals surface area contributed by atoms with Gasteiger partial charge in [0.25, 0.3) is 0 Å². The van der Waals surface area contributed by atoms with Crippen molar-refractivity contribution in [1.82, 2.24) is 5.32 Å². The summed E-state index contributed by atoms with van der Waals surface area (Å²) >= 11 is 0. The van der Waals surface area contributed by atoms with E-state index < -0.39 is 57.6 Å². The van der Waals surface area contributed by atoms with Gasteiger partial charge in [0.1, 0.15) is 12.7 Å². The van der Waals surface area contributed by atoms with Crippen molar-refractivity contribution in [3.63, 3.8) is 0 Å². The summed E-state index contributed by atoms with van der Waals surface area (Å²) in [5.41, 5.74) is 0. The predicted molar refractivity (Wildman–Crippen MR) is 208 cm³/mol. The largest absolute Gasteiger partial charge is 0.480 e. The van der Waals surface area contributed by atoms with Gasteiger partial charge in [-0.05, 0) is 38.5 Å². The molecule has 12 heteroatoms. The highest BCUT2D eigenvalue weighted by molar-refractivity contribution is 7.47. The molecule has 0 fully saturated rings. The zero-order valence-corrected chi connectivity index (χ0v) is 33.8. The molecule has 1 amide bonds. The number of allylic oxidation sites excluding steroid dienone is 2. The third kappa shape index (κ3) is 35.3. The summed E-state index contributed by atoms with van der Waals surface area (Å²) in [5.74, 6) is -2.37. The maximum Gasteiger partial charge on any atom is 0.472 e. The lowest BCUT2D eigenvalue weighted by molar-refractivity contribution is -0.147. The van der Waals surface area contributed by atoms with Crippen molar-refractivity contribution in [2.45, 2.75) is 206 Å². The Morgan fingerprint density at radius 3 is 1.46 bits per heavy atom. The van der Waals surface area contributed by atoms with Crippen LogP contribution in [0, 0.1) is 0 Å². The summed E-state index contributed by atoms with van der Waals surface area (Å²) < 4.78 is 26.8. The molecule has 0 aliphatic carbocycles. The van der Waals surface area contributed by atoms with Gasteiger partial charge in [0.15, 0.2) is 6.04 Å². The summed E-state index contributed by atoms with van der Waals surface area (Å²) in [6, 6.07) is -1.54. The lowest BCUT2D eigenvalue weighted by Gasteiger charge is -2.18. The van der Waals surface area contributed by atoms with Crippen molar-refractivity contribution in [3.05, 3.63) is 12.2 Å². The Bertz CT molecular complexity index is 947. The van der Waals surface area contributed by atoms with E-state index in [-0.39, 0.29) is 12.8 Å². The van der Waals surface area contributed by atoms with Gasteiger partial charge in [-0.15, -0.1) is 0 Å². The van der Waals surface area contributed by atoms with Crippen molar-refractivity contribution in [2.24, 2.45) is 0 Å². The molecule has 0 aliphatic heterocycles. The van der Waals surface area contributed by atoms with Crippen molar-refractivity contribution in [3.8, 4) is 0 Å². The maximum atomic E-state index is 12.2. The molecule has 0 saturated heterocycles. The molecular formula is C40H76NO10P. The highest BCUT2D eigenvalue weighted by Crippen LogP contribution is 2.43. The number of phosphoric ester groups is 1. The summed E-state index contributed by atoms with van der Waals surface area (Å²) in [7, 11) is -4.75. The average Bonchev–Trinajstić information content (AvgIpc) is 3.11. The maximum absolute atomic E-state index is 12.2. The summed E-state index contributed by atoms with van der Waals surface area (Å²) in [6.45, 7) is 2.57. The molecule has 3 atom stereocenters. The van der Waals surface area contributed by atoms with E-state index in [1.165, 1.54) is 109 Å². The first-order valence-electron chi connectivity index (χ1n) is 20.7. The van der Waals surface area contributed by atoms with E-state index in [0.29, 0.717) is 12.8 Å². The number of esters is 1. The van der Waals surface area contributed by atoms with Crippen molar-refractivity contribution >= 4 is 25.7 Å². The molecule has 11 nitrogen and oxygen atoms in total. The van der Waals surface area contributed by atoms with Gasteiger partial charge in [-0.25, -0.2) is 9.36 Å². The summed E-state index contributed by atoms with van der Waals surface area (Å²) in [6.07, 6.45) is 33.8. The predicted octanol–water partition coefficient (Wildman–Crippen LogP) is 10.1. The quantitative estimate of drug-likeness (QED) is 0.0205. The minimum atomic E-state index is -4.75. The highest BCUT2D eigenvalue weighted by Gasteiger charge is 2.28. The molecule has 0 rings (SSSR count). The van der Waals surface area contributed by atoms with Crippen LogP contribution in [0.5, 0.6) is 0 Å². The van der Waals surface area contributed by atoms with Crippen LogP contribution >= 0.6 is 7.82 Å². The van der Waals surface area contributed by atoms with Crippen LogP contribution in [0.2, 0.25) is 0 Å². The number of phosphoric acid groups is 1. The van der Waals surface area contributed by atoms with E-state index in [9.17, 15) is 34.1 Å². The molecule has 0 spiro atoms. The number of nitrogens with one attached hydrogen (secondary N) is 1. The second-order valence-electron chi connectivity index (χ2n) is 14.2. The minimum Gasteiger partial charge on any atom is -0.480 e. The number of carboxylic acid groups (broad SMARTS) is 1. The first-order valence-corrected chi connectivity index (χ1v) is 22.2. The Labute approximate surface area is 316 Å². The Morgan fingerprint density at radius 2 is 1.00 bits per heavy atom. The number of hydrogen-bond donors (Lipinski definition) is 4. The molecule has 0 bridgehead atoms. The van der Waals surface area contributed by atoms with Crippen molar-refractivity contribution in [2.75, 3.05) is 19.8 Å². The van der Waals surface area contributed by atoms with E-state index in [1.54, 1.807) is 0 Å². The smallest absolute Gasteiger partial charge is 0.472 e. The molecule has 52 heavy (non-hydrogen) atoms. The number of unbranched alkanes of at least 4 members (excludes halogenated alkanes) is 23. The zero-order chi connectivity index (χ0) is 38.5. The number of aliphatic hydroxyl groups excluding tert-OH is 1. The number of aliphatic carboxylic acids is 1. The highest BCUT2D eigenvalue weighted by atomic mass is 31.2. The van der Waals surface area contributed by atoms with Gasteiger partial charge in [0, 0.05) is 12.8 Å². The average molecular weight is 762 g/mol. The van der Waals surface area contributed by atoms with Crippen LogP contribution in [0.1, 0.15) is 194 Å². The third-order valence-corrected chi connectivity index (χ3v) is 10.0. The number of hydrogen-bond acceptors (Lipinski definition) is 8. The lowest BCUT2D eigenvalue weighted by Crippen LogP contribution is -2.43. The van der Waals surface area contributed by atoms with E-state index in [4.69, 9.17) is 13.8 Å². The third-order valence-electron chi connectivity index (χ3n) is 9.05. The molecule has 0 aromatic rings. The normalized spacial score (nSPS) is 13.9. The van der Waals surface area contributed by atoms with Crippen LogP contribution in [0.25, 0.3) is 0 Å². The van der Waals surface area contributed by atoms with Gasteiger partial charge in [-0.3, -0.25) is 18.6 Å². The van der Waals surface area contributed by atoms with Gasteiger partial charge in [-0.1, -0.05) is 154 Å². The topological polar surface area (TPSA) is 169 Å². The Balaban J connectivity index is 3.89. The first-order chi connectivity index (χ1) is 25.1. The lowest BCUT2D eigenvalue weighted by atomic mass is 10.1. The summed E-state index contributed by atoms with van der Waals surface area (Å²) in [4.78, 5) is 45.7. The molecule has 306 valence electrons. The van der Waals surface area contributed by atoms with E-state index in [2.05, 4.69) is 31.3 Å². The number of rotatable bonds is 39. The number of carbonyl (C=O) groups is 3. The standard InChI is InChI=1S/C40H76NO10P/c1-3-5-7-9-11-13-15-16-17-18-19-20-22-24-26-28-30-32-39(44)49-33-36(42)34-50-52(47,48)51-35-37(40(45)46)41-38(43)31-29-27-25-23-21-14-12-10-8-6-4-2/h16-17,36-37,42H,3-15,18-35H2,1-2H3,(H,41,43)(H,45,46)(H,47,48)/b17-16-. The van der Waals surface area contributed by atoms with Crippen molar-refractivity contribution in [1.29, 1.82) is 0 Å². The molecule has 0 aromatic carbocycles. The van der Waals surface area contributed by atoms with Crippen LogP contribution in [-0.2, 0) is 32.7 Å². The van der Waals surface area contributed by atoms with Crippen LogP contribution in [-0.4, -0.2) is 64.9 Å². The molecular weight excluding hydrogens is 685 g/mol. The van der Waals surface area contributed by atoms with Crippen LogP contribution in [0.4, 0.5) is 0 Å². The van der Waals surface area contributed by atoms with E-state index in [1.807, 2.05) is 0 Å². The van der Waals surface area contributed by atoms with Gasteiger partial charge in [0.2, 0.25) is 5.91 Å². The molecule has 0 aromatic heterocycles. The van der Waals surface area contributed by atoms with Gasteiger partial charge in [0.05, 0.1) is 13.2 Å². The summed E-state index contributed by atoms with van der Waals surface area (Å²) in [5, 5.41) is 21.8. The molecule has 0 radical (unpaired) electrons. The number of aliphatic hydroxyl groups is 1. The number of amides is 1. The van der Waals surface area contributed by atoms with Crippen LogP contribution in [0.15, 0.2) is 12.2 Å². The molecule has 4 N–H and O–H groups in total. The number of carboxylic acids is 1. The molecule has 3 unspecified atom stereocenters. The van der Waals surface area contributed by atoms with Crippen molar-refractivity contribution < 1.29 is 47.8 Å². The Kier molecular flexibility index (Phi) is 35.0. The first kappa shape index (κ1) is 50.2. The fraction of sp³-hybridized carbons (Fsp3) is 0.875.